The van der Waals surface area contributed by atoms with Crippen LogP contribution in [0.3, 0.4) is 0 Å². The molecule has 9 heteroatoms. The summed E-state index contributed by atoms with van der Waals surface area (Å²) in [5.41, 5.74) is 0. The van der Waals surface area contributed by atoms with E-state index in [0.717, 1.165) is 49.8 Å². The molecule has 1 amide bonds. The highest BCUT2D eigenvalue weighted by Crippen LogP contribution is 2.18. The number of hydrogen-bond donors (Lipinski definition) is 2. The molecule has 1 unspecified atom stereocenters. The molecule has 0 bridgehead atoms. The molecule has 0 saturated heterocycles. The van der Waals surface area contributed by atoms with E-state index < -0.39 is 0 Å². The van der Waals surface area contributed by atoms with Gasteiger partial charge in [-0.15, -0.1) is 0 Å². The molecule has 1 saturated carbocycles. The molecular weight excluding hydrogens is 358 g/mol. The average Bonchev–Trinajstić information content (AvgIpc) is 3.08. The molecule has 3 rings (SSSR count). The maximum absolute atomic E-state index is 12.0. The quantitative estimate of drug-likeness (QED) is 0.547. The summed E-state index contributed by atoms with van der Waals surface area (Å²) >= 11 is 0. The number of methoxy groups -OCH3 is 1. The summed E-state index contributed by atoms with van der Waals surface area (Å²) in [6, 6.07) is 0.627. The maximum Gasteiger partial charge on any atom is 0.243 e. The van der Waals surface area contributed by atoms with Crippen LogP contribution in [0, 0.1) is 0 Å². The first-order valence-corrected chi connectivity index (χ1v) is 10.2. The van der Waals surface area contributed by atoms with Gasteiger partial charge in [0.05, 0.1) is 6.54 Å². The summed E-state index contributed by atoms with van der Waals surface area (Å²) in [5.74, 6) is 2.46. The number of fused-ring (bicyclic) bond motifs is 1. The minimum Gasteiger partial charge on any atom is -0.377 e. The van der Waals surface area contributed by atoms with Crippen molar-refractivity contribution in [3.05, 3.63) is 11.6 Å². The fourth-order valence-electron chi connectivity index (χ4n) is 3.72. The highest BCUT2D eigenvalue weighted by molar-refractivity contribution is 5.85. The molecule has 2 N–H and O–H groups in total. The highest BCUT2D eigenvalue weighted by Gasteiger charge is 2.24. The summed E-state index contributed by atoms with van der Waals surface area (Å²) in [6.07, 6.45) is 7.92. The molecular formula is C19H33N7O2. The van der Waals surface area contributed by atoms with Crippen LogP contribution in [-0.4, -0.2) is 71.4 Å². The molecule has 156 valence electrons. The zero-order valence-electron chi connectivity index (χ0n) is 17.3. The van der Waals surface area contributed by atoms with Gasteiger partial charge >= 0.3 is 0 Å². The molecule has 2 heterocycles. The third-order valence-corrected chi connectivity index (χ3v) is 5.33. The molecule has 0 radical (unpaired) electrons. The topological polar surface area (TPSA) is 96.7 Å². The predicted octanol–water partition coefficient (Wildman–Crippen LogP) is 0.695. The largest absolute Gasteiger partial charge is 0.377 e. The summed E-state index contributed by atoms with van der Waals surface area (Å²) in [6.45, 7) is 1.31. The fraction of sp³-hybridized carbons (Fsp3) is 0.789. The Morgan fingerprint density at radius 1 is 1.21 bits per heavy atom. The van der Waals surface area contributed by atoms with E-state index in [0.29, 0.717) is 12.6 Å². The number of aromatic nitrogens is 3. The van der Waals surface area contributed by atoms with Gasteiger partial charge in [0.1, 0.15) is 19.0 Å². The van der Waals surface area contributed by atoms with Crippen molar-refractivity contribution in [3.8, 4) is 0 Å². The predicted molar refractivity (Wildman–Crippen MR) is 107 cm³/mol. The second-order valence-electron chi connectivity index (χ2n) is 7.87. The van der Waals surface area contributed by atoms with Crippen molar-refractivity contribution in [1.29, 1.82) is 0 Å². The van der Waals surface area contributed by atoms with Crippen molar-refractivity contribution in [2.45, 2.75) is 70.2 Å². The van der Waals surface area contributed by atoms with E-state index in [1.807, 2.05) is 4.68 Å². The second kappa shape index (κ2) is 9.86. The highest BCUT2D eigenvalue weighted by atomic mass is 16.5. The molecule has 9 nitrogen and oxygen atoms in total. The number of rotatable bonds is 6. The van der Waals surface area contributed by atoms with Crippen LogP contribution in [-0.2, 0) is 29.1 Å². The Balaban J connectivity index is 1.64. The standard InChI is InChI=1S/C19H33N7O2/c1-25(2)18(27)11-20-19(21-14-7-5-4-6-8-14)22-15-9-10-17-23-16(13-28-3)24-26(17)12-15/h14-15H,4-13H2,1-3H3,(H2,20,21,22). The smallest absolute Gasteiger partial charge is 0.243 e. The van der Waals surface area contributed by atoms with Gasteiger partial charge in [-0.25, -0.2) is 14.7 Å². The van der Waals surface area contributed by atoms with Crippen LogP contribution in [0.15, 0.2) is 4.99 Å². The molecule has 28 heavy (non-hydrogen) atoms. The summed E-state index contributed by atoms with van der Waals surface area (Å²) < 4.78 is 7.09. The molecule has 1 aliphatic heterocycles. The van der Waals surface area contributed by atoms with Gasteiger partial charge in [0.2, 0.25) is 5.91 Å². The fourth-order valence-corrected chi connectivity index (χ4v) is 3.72. The lowest BCUT2D eigenvalue weighted by Crippen LogP contribution is -2.50. The number of nitrogens with zero attached hydrogens (tertiary/aromatic N) is 5. The molecule has 1 aliphatic carbocycles. The van der Waals surface area contributed by atoms with Crippen LogP contribution in [0.4, 0.5) is 0 Å². The number of ether oxygens (including phenoxy) is 1. The van der Waals surface area contributed by atoms with Gasteiger partial charge in [0.15, 0.2) is 11.8 Å². The van der Waals surface area contributed by atoms with Gasteiger partial charge in [-0.1, -0.05) is 19.3 Å². The normalized spacial score (nSPS) is 20.5. The number of amides is 1. The summed E-state index contributed by atoms with van der Waals surface area (Å²) in [5, 5.41) is 11.6. The van der Waals surface area contributed by atoms with E-state index in [9.17, 15) is 4.79 Å². The van der Waals surface area contributed by atoms with Crippen LogP contribution in [0.5, 0.6) is 0 Å². The van der Waals surface area contributed by atoms with Crippen molar-refractivity contribution in [2.24, 2.45) is 4.99 Å². The zero-order chi connectivity index (χ0) is 19.9. The summed E-state index contributed by atoms with van der Waals surface area (Å²) in [7, 11) is 5.16. The lowest BCUT2D eigenvalue weighted by atomic mass is 9.96. The average molecular weight is 392 g/mol. The third-order valence-electron chi connectivity index (χ3n) is 5.33. The molecule has 0 aromatic carbocycles. The number of carbonyl (C=O) groups excluding carboxylic acids is 1. The Morgan fingerprint density at radius 2 is 1.96 bits per heavy atom. The maximum atomic E-state index is 12.0. The van der Waals surface area contributed by atoms with Gasteiger partial charge in [0.25, 0.3) is 0 Å². The number of aliphatic imine (C=N–C) groups is 1. The molecule has 0 spiro atoms. The lowest BCUT2D eigenvalue weighted by Gasteiger charge is -2.29. The number of guanidine groups is 1. The van der Waals surface area contributed by atoms with Crippen molar-refractivity contribution in [3.63, 3.8) is 0 Å². The van der Waals surface area contributed by atoms with Gasteiger partial charge in [-0.05, 0) is 19.3 Å². The molecule has 1 atom stereocenters. The van der Waals surface area contributed by atoms with Gasteiger partial charge in [-0.3, -0.25) is 4.79 Å². The minimum atomic E-state index is -0.00356. The third kappa shape index (κ3) is 5.67. The van der Waals surface area contributed by atoms with Crippen LogP contribution < -0.4 is 10.6 Å². The molecule has 2 aliphatic rings. The van der Waals surface area contributed by atoms with Crippen molar-refractivity contribution in [2.75, 3.05) is 27.7 Å². The second-order valence-corrected chi connectivity index (χ2v) is 7.87. The van der Waals surface area contributed by atoms with Crippen LogP contribution in [0.1, 0.15) is 50.2 Å². The van der Waals surface area contributed by atoms with E-state index in [1.54, 1.807) is 26.1 Å². The van der Waals surface area contributed by atoms with E-state index in [4.69, 9.17) is 4.74 Å². The van der Waals surface area contributed by atoms with E-state index in [-0.39, 0.29) is 18.5 Å². The zero-order valence-corrected chi connectivity index (χ0v) is 17.3. The SMILES string of the molecule is COCc1nc2n(n1)CC(NC(=NCC(=O)N(C)C)NC1CCCCC1)CC2. The van der Waals surface area contributed by atoms with Crippen LogP contribution >= 0.6 is 0 Å². The molecule has 1 fully saturated rings. The lowest BCUT2D eigenvalue weighted by molar-refractivity contribution is -0.127. The minimum absolute atomic E-state index is 0.00356. The Kier molecular flexibility index (Phi) is 7.24. The number of aryl methyl sites for hydroxylation is 1. The van der Waals surface area contributed by atoms with Gasteiger partial charge < -0.3 is 20.3 Å². The number of nitrogens with one attached hydrogen (secondary N) is 2. The Labute approximate surface area is 166 Å². The Morgan fingerprint density at radius 3 is 2.68 bits per heavy atom. The van der Waals surface area contributed by atoms with E-state index in [2.05, 4.69) is 25.7 Å². The van der Waals surface area contributed by atoms with E-state index in [1.165, 1.54) is 19.3 Å². The number of carbonyl (C=O) groups is 1. The van der Waals surface area contributed by atoms with E-state index >= 15 is 0 Å². The number of likely N-dealkylation sites (N-methyl/N-ethyl adjacent to an activating group) is 1. The first-order valence-electron chi connectivity index (χ1n) is 10.2. The molecule has 1 aromatic rings. The van der Waals surface area contributed by atoms with Crippen molar-refractivity contribution >= 4 is 11.9 Å². The van der Waals surface area contributed by atoms with Crippen LogP contribution in [0.2, 0.25) is 0 Å². The van der Waals surface area contributed by atoms with Gasteiger partial charge in [-0.2, -0.15) is 5.10 Å². The Hall–Kier alpha value is -2.16. The van der Waals surface area contributed by atoms with Crippen LogP contribution in [0.25, 0.3) is 0 Å². The first kappa shape index (κ1) is 20.6. The monoisotopic (exact) mass is 391 g/mol. The Bertz CT molecular complexity index is 680. The molecule has 1 aromatic heterocycles. The summed E-state index contributed by atoms with van der Waals surface area (Å²) in [4.78, 5) is 22.7. The first-order chi connectivity index (χ1) is 13.5. The van der Waals surface area contributed by atoms with Gasteiger partial charge in [0, 0.05) is 39.7 Å². The van der Waals surface area contributed by atoms with Crippen molar-refractivity contribution < 1.29 is 9.53 Å². The van der Waals surface area contributed by atoms with Crippen molar-refractivity contribution in [1.82, 2.24) is 30.3 Å². The number of hydrogen-bond acceptors (Lipinski definition) is 5.